The molecule has 1 rings (SSSR count). The van der Waals surface area contributed by atoms with Gasteiger partial charge in [0.1, 0.15) is 6.61 Å². The van der Waals surface area contributed by atoms with Gasteiger partial charge in [0.05, 0.1) is 18.9 Å². The minimum Gasteiger partial charge on any atom is -0.461 e. The van der Waals surface area contributed by atoms with Crippen LogP contribution in [0.3, 0.4) is 0 Å². The van der Waals surface area contributed by atoms with Crippen LogP contribution in [0.5, 0.6) is 0 Å². The van der Waals surface area contributed by atoms with E-state index in [9.17, 15) is 9.59 Å². The lowest BCUT2D eigenvalue weighted by molar-refractivity contribution is -0.144. The van der Waals surface area contributed by atoms with Crippen LogP contribution in [-0.4, -0.2) is 36.2 Å². The smallest absolute Gasteiger partial charge is 0.307 e. The third kappa shape index (κ3) is 6.86. The van der Waals surface area contributed by atoms with E-state index in [1.54, 1.807) is 0 Å². The first-order chi connectivity index (χ1) is 9.61. The topological polar surface area (TPSA) is 102 Å². The number of amides is 1. The van der Waals surface area contributed by atoms with Crippen LogP contribution < -0.4 is 11.1 Å². The molecule has 1 aromatic rings. The predicted molar refractivity (Wildman–Crippen MR) is 73.5 cm³/mol. The molecule has 6 heteroatoms. The van der Waals surface area contributed by atoms with Crippen LogP contribution >= 0.6 is 0 Å². The van der Waals surface area contributed by atoms with Crippen LogP contribution in [-0.2, 0) is 20.9 Å². The van der Waals surface area contributed by atoms with Crippen molar-refractivity contribution in [1.82, 2.24) is 5.32 Å². The minimum atomic E-state index is -0.847. The highest BCUT2D eigenvalue weighted by atomic mass is 16.5. The molecule has 1 aromatic carbocycles. The van der Waals surface area contributed by atoms with Crippen molar-refractivity contribution in [3.05, 3.63) is 35.9 Å². The number of esters is 1. The minimum absolute atomic E-state index is 0.0343. The Labute approximate surface area is 117 Å². The molecule has 1 amide bonds. The first kappa shape index (κ1) is 16.1. The highest BCUT2D eigenvalue weighted by Gasteiger charge is 2.09. The molecule has 1 unspecified atom stereocenters. The summed E-state index contributed by atoms with van der Waals surface area (Å²) in [5, 5.41) is 11.7. The number of benzene rings is 1. The van der Waals surface area contributed by atoms with Gasteiger partial charge in [0.25, 0.3) is 0 Å². The van der Waals surface area contributed by atoms with Crippen LogP contribution in [0.2, 0.25) is 0 Å². The fourth-order valence-electron chi connectivity index (χ4n) is 1.48. The summed E-state index contributed by atoms with van der Waals surface area (Å²) in [5.74, 6) is -0.715. The van der Waals surface area contributed by atoms with E-state index in [1.165, 1.54) is 0 Å². The highest BCUT2D eigenvalue weighted by molar-refractivity contribution is 5.77. The molecule has 0 radical (unpaired) electrons. The molecule has 20 heavy (non-hydrogen) atoms. The summed E-state index contributed by atoms with van der Waals surface area (Å²) in [6, 6.07) is 9.35. The SMILES string of the molecule is NCC(O)CC(=O)NCCC(=O)OCc1ccccc1. The molecule has 4 N–H and O–H groups in total. The van der Waals surface area contributed by atoms with Crippen LogP contribution in [0.25, 0.3) is 0 Å². The largest absolute Gasteiger partial charge is 0.461 e. The Morgan fingerprint density at radius 3 is 2.65 bits per heavy atom. The van der Waals surface area contributed by atoms with Gasteiger partial charge in [-0.15, -0.1) is 0 Å². The zero-order valence-corrected chi connectivity index (χ0v) is 11.2. The molecule has 0 aliphatic rings. The van der Waals surface area contributed by atoms with Gasteiger partial charge in [-0.05, 0) is 5.56 Å². The average molecular weight is 280 g/mol. The third-order valence-corrected chi connectivity index (χ3v) is 2.59. The van der Waals surface area contributed by atoms with E-state index >= 15 is 0 Å². The fourth-order valence-corrected chi connectivity index (χ4v) is 1.48. The number of carbonyl (C=O) groups excluding carboxylic acids is 2. The quantitative estimate of drug-likeness (QED) is 0.579. The number of nitrogens with two attached hydrogens (primary N) is 1. The van der Waals surface area contributed by atoms with E-state index in [2.05, 4.69) is 5.32 Å². The van der Waals surface area contributed by atoms with Gasteiger partial charge < -0.3 is 20.9 Å². The lowest BCUT2D eigenvalue weighted by Crippen LogP contribution is -2.32. The zero-order chi connectivity index (χ0) is 14.8. The van der Waals surface area contributed by atoms with Crippen molar-refractivity contribution in [1.29, 1.82) is 0 Å². The summed E-state index contributed by atoms with van der Waals surface area (Å²) in [5.41, 5.74) is 6.10. The summed E-state index contributed by atoms with van der Waals surface area (Å²) in [6.45, 7) is 0.440. The monoisotopic (exact) mass is 280 g/mol. The number of hydrogen-bond donors (Lipinski definition) is 3. The lowest BCUT2D eigenvalue weighted by atomic mass is 10.2. The Balaban J connectivity index is 2.13. The number of aliphatic hydroxyl groups excluding tert-OH is 1. The Kier molecular flexibility index (Phi) is 7.31. The van der Waals surface area contributed by atoms with Crippen molar-refractivity contribution >= 4 is 11.9 Å². The van der Waals surface area contributed by atoms with Gasteiger partial charge in [-0.2, -0.15) is 0 Å². The molecule has 110 valence electrons. The third-order valence-electron chi connectivity index (χ3n) is 2.59. The average Bonchev–Trinajstić information content (AvgIpc) is 2.46. The van der Waals surface area contributed by atoms with Crippen molar-refractivity contribution in [3.8, 4) is 0 Å². The molecule has 0 saturated heterocycles. The summed E-state index contributed by atoms with van der Waals surface area (Å²) < 4.78 is 5.05. The van der Waals surface area contributed by atoms with Gasteiger partial charge in [0, 0.05) is 13.1 Å². The van der Waals surface area contributed by atoms with Gasteiger partial charge in [-0.3, -0.25) is 9.59 Å². The molecule has 0 bridgehead atoms. The standard InChI is InChI=1S/C14H20N2O4/c15-9-12(17)8-13(18)16-7-6-14(19)20-10-11-4-2-1-3-5-11/h1-5,12,17H,6-10,15H2,(H,16,18). The van der Waals surface area contributed by atoms with Crippen molar-refractivity contribution in [2.45, 2.75) is 25.6 Å². The maximum absolute atomic E-state index is 11.4. The number of ether oxygens (including phenoxy) is 1. The molecule has 0 aliphatic heterocycles. The lowest BCUT2D eigenvalue weighted by Gasteiger charge is -2.08. The van der Waals surface area contributed by atoms with E-state index in [-0.39, 0.29) is 44.4 Å². The Bertz CT molecular complexity index is 422. The van der Waals surface area contributed by atoms with Crippen molar-refractivity contribution in [2.24, 2.45) is 5.73 Å². The molecule has 0 aliphatic carbocycles. The zero-order valence-electron chi connectivity index (χ0n) is 11.2. The second-order valence-corrected chi connectivity index (χ2v) is 4.34. The second-order valence-electron chi connectivity index (χ2n) is 4.34. The predicted octanol–water partition coefficient (Wildman–Crippen LogP) is -0.0542. The molecular formula is C14H20N2O4. The first-order valence-electron chi connectivity index (χ1n) is 6.46. The molecule has 0 fully saturated rings. The molecule has 1 atom stereocenters. The normalized spacial score (nSPS) is 11.7. The van der Waals surface area contributed by atoms with Crippen LogP contribution in [0.15, 0.2) is 30.3 Å². The van der Waals surface area contributed by atoms with E-state index < -0.39 is 6.10 Å². The summed E-state index contributed by atoms with van der Waals surface area (Å²) in [6.07, 6.45) is -0.813. The van der Waals surface area contributed by atoms with E-state index in [0.29, 0.717) is 0 Å². The summed E-state index contributed by atoms with van der Waals surface area (Å²) in [7, 11) is 0. The van der Waals surface area contributed by atoms with Crippen LogP contribution in [0.4, 0.5) is 0 Å². The summed E-state index contributed by atoms with van der Waals surface area (Å²) in [4.78, 5) is 22.7. The fraction of sp³-hybridized carbons (Fsp3) is 0.429. The molecule has 0 aromatic heterocycles. The second kappa shape index (κ2) is 9.06. The van der Waals surface area contributed by atoms with Gasteiger partial charge >= 0.3 is 5.97 Å². The highest BCUT2D eigenvalue weighted by Crippen LogP contribution is 2.01. The van der Waals surface area contributed by atoms with Crippen molar-refractivity contribution in [2.75, 3.05) is 13.1 Å². The van der Waals surface area contributed by atoms with E-state index in [4.69, 9.17) is 15.6 Å². The number of rotatable bonds is 8. The summed E-state index contributed by atoms with van der Waals surface area (Å²) >= 11 is 0. The number of nitrogens with one attached hydrogen (secondary N) is 1. The molecule has 6 nitrogen and oxygen atoms in total. The van der Waals surface area contributed by atoms with Crippen molar-refractivity contribution < 1.29 is 19.4 Å². The van der Waals surface area contributed by atoms with Gasteiger partial charge in [0.2, 0.25) is 5.91 Å². The number of carbonyl (C=O) groups is 2. The van der Waals surface area contributed by atoms with E-state index in [0.717, 1.165) is 5.56 Å². The molecule has 0 saturated carbocycles. The molecular weight excluding hydrogens is 260 g/mol. The van der Waals surface area contributed by atoms with Crippen molar-refractivity contribution in [3.63, 3.8) is 0 Å². The number of aliphatic hydroxyl groups is 1. The maximum atomic E-state index is 11.4. The van der Waals surface area contributed by atoms with Gasteiger partial charge in [-0.1, -0.05) is 30.3 Å². The van der Waals surface area contributed by atoms with Gasteiger partial charge in [-0.25, -0.2) is 0 Å². The van der Waals surface area contributed by atoms with Crippen LogP contribution in [0.1, 0.15) is 18.4 Å². The molecule has 0 heterocycles. The Morgan fingerprint density at radius 1 is 1.30 bits per heavy atom. The Hall–Kier alpha value is -1.92. The maximum Gasteiger partial charge on any atom is 0.307 e. The van der Waals surface area contributed by atoms with E-state index in [1.807, 2.05) is 30.3 Å². The number of hydrogen-bond acceptors (Lipinski definition) is 5. The molecule has 0 spiro atoms. The van der Waals surface area contributed by atoms with Crippen LogP contribution in [0, 0.1) is 0 Å². The Morgan fingerprint density at radius 2 is 2.00 bits per heavy atom. The van der Waals surface area contributed by atoms with Gasteiger partial charge in [0.15, 0.2) is 0 Å². The first-order valence-corrected chi connectivity index (χ1v) is 6.46.